The van der Waals surface area contributed by atoms with Gasteiger partial charge >= 0.3 is 0 Å². The van der Waals surface area contributed by atoms with Crippen LogP contribution < -0.4 is 4.74 Å². The third-order valence-electron chi connectivity index (χ3n) is 2.15. The Bertz CT molecular complexity index is 447. The van der Waals surface area contributed by atoms with Crippen molar-refractivity contribution in [1.29, 1.82) is 0 Å². The van der Waals surface area contributed by atoms with Crippen molar-refractivity contribution in [3.05, 3.63) is 23.1 Å². The van der Waals surface area contributed by atoms with Crippen molar-refractivity contribution < 1.29 is 4.74 Å². The zero-order valence-electron chi connectivity index (χ0n) is 8.57. The third-order valence-corrected chi connectivity index (χ3v) is 3.50. The first-order chi connectivity index (χ1) is 6.70. The van der Waals surface area contributed by atoms with Gasteiger partial charge in [-0.1, -0.05) is 13.8 Å². The van der Waals surface area contributed by atoms with Gasteiger partial charge < -0.3 is 4.74 Å². The molecule has 2 nitrogen and oxygen atoms in total. The van der Waals surface area contributed by atoms with Crippen LogP contribution in [0, 0.1) is 0 Å². The van der Waals surface area contributed by atoms with Crippen molar-refractivity contribution in [3.63, 3.8) is 0 Å². The summed E-state index contributed by atoms with van der Waals surface area (Å²) in [6.07, 6.45) is 0. The molecule has 0 N–H and O–H groups in total. The summed E-state index contributed by atoms with van der Waals surface area (Å²) in [5.74, 6) is 1.26. The van der Waals surface area contributed by atoms with Crippen molar-refractivity contribution in [2.75, 3.05) is 7.11 Å². The maximum Gasteiger partial charge on any atom is 0.214 e. The number of methoxy groups -OCH3 is 1. The van der Waals surface area contributed by atoms with E-state index in [0.29, 0.717) is 11.8 Å². The van der Waals surface area contributed by atoms with Crippen LogP contribution in [0.5, 0.6) is 5.88 Å². The summed E-state index contributed by atoms with van der Waals surface area (Å²) in [5, 5.41) is 1.21. The molecule has 0 saturated heterocycles. The van der Waals surface area contributed by atoms with E-state index in [4.69, 9.17) is 4.74 Å². The number of ether oxygens (including phenoxy) is 1. The molecule has 2 aromatic rings. The fraction of sp³-hybridized carbons (Fsp3) is 0.364. The van der Waals surface area contributed by atoms with Gasteiger partial charge in [0.15, 0.2) is 0 Å². The number of hydrogen-bond donors (Lipinski definition) is 0. The second kappa shape index (κ2) is 3.58. The molecule has 0 unspecified atom stereocenters. The van der Waals surface area contributed by atoms with E-state index in [2.05, 4.69) is 31.0 Å². The van der Waals surface area contributed by atoms with Crippen LogP contribution >= 0.6 is 11.3 Å². The van der Waals surface area contributed by atoms with Crippen LogP contribution in [-0.4, -0.2) is 12.1 Å². The lowest BCUT2D eigenvalue weighted by molar-refractivity contribution is 0.400. The van der Waals surface area contributed by atoms with Crippen LogP contribution in [0.4, 0.5) is 0 Å². The van der Waals surface area contributed by atoms with Gasteiger partial charge in [0.2, 0.25) is 5.88 Å². The van der Waals surface area contributed by atoms with Crippen LogP contribution in [0.2, 0.25) is 0 Å². The normalized spacial score (nSPS) is 11.1. The maximum absolute atomic E-state index is 5.09. The number of rotatable bonds is 2. The van der Waals surface area contributed by atoms with E-state index in [1.54, 1.807) is 18.4 Å². The fourth-order valence-electron chi connectivity index (χ4n) is 1.32. The smallest absolute Gasteiger partial charge is 0.214 e. The summed E-state index contributed by atoms with van der Waals surface area (Å²) >= 11 is 1.74. The van der Waals surface area contributed by atoms with E-state index in [0.717, 1.165) is 4.83 Å². The SMILES string of the molecule is COc1ccc2cc(C(C)C)sc2n1. The molecule has 0 aliphatic carbocycles. The van der Waals surface area contributed by atoms with Crippen LogP contribution in [0.1, 0.15) is 24.6 Å². The third kappa shape index (κ3) is 1.60. The minimum atomic E-state index is 0.570. The van der Waals surface area contributed by atoms with Crippen molar-refractivity contribution >= 4 is 21.6 Å². The highest BCUT2D eigenvalue weighted by molar-refractivity contribution is 7.18. The number of hydrogen-bond acceptors (Lipinski definition) is 3. The Morgan fingerprint density at radius 1 is 1.36 bits per heavy atom. The Morgan fingerprint density at radius 3 is 2.79 bits per heavy atom. The molecule has 0 amide bonds. The van der Waals surface area contributed by atoms with Gasteiger partial charge in [-0.2, -0.15) is 0 Å². The molecule has 0 aromatic carbocycles. The summed E-state index contributed by atoms with van der Waals surface area (Å²) in [5.41, 5.74) is 0. The number of pyridine rings is 1. The van der Waals surface area contributed by atoms with Gasteiger partial charge in [-0.15, -0.1) is 11.3 Å². The molecule has 2 heterocycles. The Kier molecular flexibility index (Phi) is 2.42. The van der Waals surface area contributed by atoms with Crippen LogP contribution in [-0.2, 0) is 0 Å². The maximum atomic E-state index is 5.09. The number of thiophene rings is 1. The summed E-state index contributed by atoms with van der Waals surface area (Å²) in [7, 11) is 1.64. The lowest BCUT2D eigenvalue weighted by Gasteiger charge is -1.96. The van der Waals surface area contributed by atoms with Gasteiger partial charge in [0, 0.05) is 16.3 Å². The standard InChI is InChI=1S/C11H13NOS/c1-7(2)9-6-8-4-5-10(13-3)12-11(8)14-9/h4-7H,1-3H3. The summed E-state index contributed by atoms with van der Waals surface area (Å²) in [6, 6.07) is 6.17. The Labute approximate surface area is 87.5 Å². The first-order valence-corrected chi connectivity index (χ1v) is 5.47. The van der Waals surface area contributed by atoms with E-state index in [9.17, 15) is 0 Å². The predicted molar refractivity (Wildman–Crippen MR) is 60.3 cm³/mol. The molecule has 2 aromatic heterocycles. The highest BCUT2D eigenvalue weighted by Crippen LogP contribution is 2.30. The number of nitrogens with zero attached hydrogens (tertiary/aromatic N) is 1. The second-order valence-corrected chi connectivity index (χ2v) is 4.61. The Hall–Kier alpha value is -1.09. The molecular formula is C11H13NOS. The largest absolute Gasteiger partial charge is 0.481 e. The first kappa shape index (κ1) is 9.46. The van der Waals surface area contributed by atoms with Crippen molar-refractivity contribution in [2.24, 2.45) is 0 Å². The summed E-state index contributed by atoms with van der Waals surface area (Å²) < 4.78 is 5.09. The molecule has 0 spiro atoms. The van der Waals surface area contributed by atoms with E-state index >= 15 is 0 Å². The highest BCUT2D eigenvalue weighted by atomic mass is 32.1. The quantitative estimate of drug-likeness (QED) is 0.752. The lowest BCUT2D eigenvalue weighted by atomic mass is 10.2. The zero-order valence-corrected chi connectivity index (χ0v) is 9.39. The number of fused-ring (bicyclic) bond motifs is 1. The van der Waals surface area contributed by atoms with Gasteiger partial charge in [0.1, 0.15) is 4.83 Å². The molecule has 14 heavy (non-hydrogen) atoms. The topological polar surface area (TPSA) is 22.1 Å². The molecule has 0 fully saturated rings. The molecule has 3 heteroatoms. The minimum Gasteiger partial charge on any atom is -0.481 e. The average Bonchev–Trinajstić information content (AvgIpc) is 2.59. The molecule has 0 bridgehead atoms. The zero-order chi connectivity index (χ0) is 10.1. The summed E-state index contributed by atoms with van der Waals surface area (Å²) in [4.78, 5) is 6.83. The molecule has 2 rings (SSSR count). The van der Waals surface area contributed by atoms with Crippen LogP contribution in [0.25, 0.3) is 10.2 Å². The molecule has 0 radical (unpaired) electrons. The molecule has 0 atom stereocenters. The molecular weight excluding hydrogens is 194 g/mol. The van der Waals surface area contributed by atoms with Gasteiger partial charge in [-0.25, -0.2) is 4.98 Å². The lowest BCUT2D eigenvalue weighted by Crippen LogP contribution is -1.84. The number of aromatic nitrogens is 1. The molecule has 74 valence electrons. The van der Waals surface area contributed by atoms with Gasteiger partial charge in [0.05, 0.1) is 7.11 Å². The van der Waals surface area contributed by atoms with Gasteiger partial charge in [0.25, 0.3) is 0 Å². The van der Waals surface area contributed by atoms with E-state index < -0.39 is 0 Å². The summed E-state index contributed by atoms with van der Waals surface area (Å²) in [6.45, 7) is 4.39. The monoisotopic (exact) mass is 207 g/mol. The Morgan fingerprint density at radius 2 is 2.14 bits per heavy atom. The Balaban J connectivity index is 2.54. The molecule has 0 aliphatic rings. The average molecular weight is 207 g/mol. The molecule has 0 saturated carbocycles. The van der Waals surface area contributed by atoms with E-state index in [1.165, 1.54) is 10.3 Å². The van der Waals surface area contributed by atoms with Gasteiger partial charge in [-0.3, -0.25) is 0 Å². The first-order valence-electron chi connectivity index (χ1n) is 4.65. The van der Waals surface area contributed by atoms with E-state index in [1.807, 2.05) is 6.07 Å². The van der Waals surface area contributed by atoms with Crippen LogP contribution in [0.3, 0.4) is 0 Å². The van der Waals surface area contributed by atoms with Crippen molar-refractivity contribution in [1.82, 2.24) is 4.98 Å². The predicted octanol–water partition coefficient (Wildman–Crippen LogP) is 3.43. The minimum absolute atomic E-state index is 0.570. The highest BCUT2D eigenvalue weighted by Gasteiger charge is 2.06. The van der Waals surface area contributed by atoms with Crippen molar-refractivity contribution in [3.8, 4) is 5.88 Å². The van der Waals surface area contributed by atoms with Crippen molar-refractivity contribution in [2.45, 2.75) is 19.8 Å². The van der Waals surface area contributed by atoms with E-state index in [-0.39, 0.29) is 0 Å². The molecule has 0 aliphatic heterocycles. The fourth-order valence-corrected chi connectivity index (χ4v) is 2.34. The van der Waals surface area contributed by atoms with Gasteiger partial charge in [-0.05, 0) is 18.1 Å². The van der Waals surface area contributed by atoms with Crippen LogP contribution in [0.15, 0.2) is 18.2 Å². The second-order valence-electron chi connectivity index (χ2n) is 3.55.